The molecule has 0 N–H and O–H groups in total. The molecule has 5 heteroatoms. The number of aryl methyl sites for hydroxylation is 1. The normalized spacial score (nSPS) is 14.6. The third-order valence-electron chi connectivity index (χ3n) is 4.59. The summed E-state index contributed by atoms with van der Waals surface area (Å²) >= 11 is 0. The highest BCUT2D eigenvalue weighted by Crippen LogP contribution is 2.41. The fourth-order valence-electron chi connectivity index (χ4n) is 3.05. The predicted octanol–water partition coefficient (Wildman–Crippen LogP) is 3.51. The van der Waals surface area contributed by atoms with Crippen LogP contribution in [0, 0.1) is 5.92 Å². The van der Waals surface area contributed by atoms with E-state index in [4.69, 9.17) is 5.10 Å². The second kappa shape index (κ2) is 5.89. The summed E-state index contributed by atoms with van der Waals surface area (Å²) in [6.07, 6.45) is 5.06. The van der Waals surface area contributed by atoms with Gasteiger partial charge in [-0.3, -0.25) is 4.79 Å². The zero-order chi connectivity index (χ0) is 16.7. The molecule has 0 radical (unpaired) electrons. The van der Waals surface area contributed by atoms with Crippen LogP contribution in [0.1, 0.15) is 44.7 Å². The number of hydrogen-bond donors (Lipinski definition) is 0. The fraction of sp³-hybridized carbons (Fsp3) is 0.421. The largest absolute Gasteiger partial charge is 0.293 e. The van der Waals surface area contributed by atoms with Crippen molar-refractivity contribution in [2.45, 2.75) is 45.6 Å². The third-order valence-corrected chi connectivity index (χ3v) is 4.59. The van der Waals surface area contributed by atoms with E-state index >= 15 is 0 Å². The van der Waals surface area contributed by atoms with E-state index in [0.29, 0.717) is 23.9 Å². The van der Waals surface area contributed by atoms with E-state index in [0.717, 1.165) is 36.0 Å². The maximum absolute atomic E-state index is 13.0. The molecule has 0 aliphatic heterocycles. The molecule has 0 atom stereocenters. The Hall–Kier alpha value is -2.43. The van der Waals surface area contributed by atoms with Crippen LogP contribution in [0.2, 0.25) is 0 Å². The Morgan fingerprint density at radius 3 is 2.62 bits per heavy atom. The minimum atomic E-state index is -0.0450. The van der Waals surface area contributed by atoms with Crippen LogP contribution in [0.25, 0.3) is 16.6 Å². The van der Waals surface area contributed by atoms with Crippen molar-refractivity contribution >= 4 is 10.9 Å². The molecule has 124 valence electrons. The Morgan fingerprint density at radius 2 is 1.96 bits per heavy atom. The fourth-order valence-corrected chi connectivity index (χ4v) is 3.05. The van der Waals surface area contributed by atoms with E-state index in [2.05, 4.69) is 18.9 Å². The Labute approximate surface area is 140 Å². The van der Waals surface area contributed by atoms with Crippen molar-refractivity contribution in [2.24, 2.45) is 5.92 Å². The molecule has 1 fully saturated rings. The number of hydrogen-bond acceptors (Lipinski definition) is 3. The second-order valence-corrected chi connectivity index (χ2v) is 7.02. The molecule has 3 aromatic rings. The van der Waals surface area contributed by atoms with Crippen molar-refractivity contribution < 1.29 is 0 Å². The number of aromatic nitrogens is 4. The molecule has 0 unspecified atom stereocenters. The Bertz CT molecular complexity index is 920. The van der Waals surface area contributed by atoms with Crippen LogP contribution in [0.15, 0.2) is 41.3 Å². The first-order valence-corrected chi connectivity index (χ1v) is 8.69. The lowest BCUT2D eigenvalue weighted by molar-refractivity contribution is 0.469. The highest BCUT2D eigenvalue weighted by Gasteiger charge is 2.30. The molecule has 1 aromatic carbocycles. The average Bonchev–Trinajstić information content (AvgIpc) is 3.33. The monoisotopic (exact) mass is 322 g/mol. The molecular formula is C19H22N4O. The van der Waals surface area contributed by atoms with E-state index in [9.17, 15) is 4.79 Å². The van der Waals surface area contributed by atoms with Crippen molar-refractivity contribution in [1.29, 1.82) is 0 Å². The van der Waals surface area contributed by atoms with E-state index in [1.54, 1.807) is 15.6 Å². The molecular weight excluding hydrogens is 300 g/mol. The summed E-state index contributed by atoms with van der Waals surface area (Å²) in [6, 6.07) is 9.84. The topological polar surface area (TPSA) is 52.7 Å². The standard InChI is InChI=1S/C19H22N4O/c1-13(2)10-11-22-19(24)18-16(17(21-22)14-8-9-14)12-20-23(18)15-6-4-3-5-7-15/h3-7,12-14H,8-11H2,1-2H3. The highest BCUT2D eigenvalue weighted by molar-refractivity contribution is 5.82. The third kappa shape index (κ3) is 2.64. The Morgan fingerprint density at radius 1 is 1.21 bits per heavy atom. The maximum Gasteiger partial charge on any atom is 0.293 e. The van der Waals surface area contributed by atoms with Crippen molar-refractivity contribution in [1.82, 2.24) is 19.6 Å². The van der Waals surface area contributed by atoms with Gasteiger partial charge in [-0.1, -0.05) is 32.0 Å². The number of rotatable bonds is 5. The molecule has 0 bridgehead atoms. The van der Waals surface area contributed by atoms with E-state index in [1.807, 2.05) is 30.3 Å². The van der Waals surface area contributed by atoms with Gasteiger partial charge in [0.15, 0.2) is 0 Å². The summed E-state index contributed by atoms with van der Waals surface area (Å²) in [7, 11) is 0. The van der Waals surface area contributed by atoms with Gasteiger partial charge in [0.25, 0.3) is 5.56 Å². The SMILES string of the molecule is CC(C)CCn1nc(C2CC2)c2cnn(-c3ccccc3)c2c1=O. The number of benzene rings is 1. The molecule has 2 heterocycles. The molecule has 0 saturated heterocycles. The summed E-state index contributed by atoms with van der Waals surface area (Å²) in [4.78, 5) is 13.0. The van der Waals surface area contributed by atoms with Gasteiger partial charge in [-0.15, -0.1) is 0 Å². The molecule has 1 aliphatic rings. The van der Waals surface area contributed by atoms with Crippen LogP contribution in [-0.2, 0) is 6.54 Å². The molecule has 0 amide bonds. The van der Waals surface area contributed by atoms with Gasteiger partial charge in [-0.25, -0.2) is 9.36 Å². The summed E-state index contributed by atoms with van der Waals surface area (Å²) in [5.74, 6) is 1.02. The lowest BCUT2D eigenvalue weighted by Crippen LogP contribution is -2.26. The zero-order valence-electron chi connectivity index (χ0n) is 14.1. The minimum absolute atomic E-state index is 0.0450. The van der Waals surface area contributed by atoms with Crippen LogP contribution >= 0.6 is 0 Å². The van der Waals surface area contributed by atoms with Crippen LogP contribution in [0.4, 0.5) is 0 Å². The highest BCUT2D eigenvalue weighted by atomic mass is 16.1. The molecule has 2 aromatic heterocycles. The molecule has 1 saturated carbocycles. The van der Waals surface area contributed by atoms with Gasteiger partial charge < -0.3 is 0 Å². The second-order valence-electron chi connectivity index (χ2n) is 7.02. The summed E-state index contributed by atoms with van der Waals surface area (Å²) < 4.78 is 3.41. The average molecular weight is 322 g/mol. The van der Waals surface area contributed by atoms with Crippen LogP contribution in [-0.4, -0.2) is 19.6 Å². The van der Waals surface area contributed by atoms with Crippen LogP contribution in [0.3, 0.4) is 0 Å². The smallest absolute Gasteiger partial charge is 0.265 e. The van der Waals surface area contributed by atoms with Gasteiger partial charge in [-0.2, -0.15) is 10.2 Å². The number of fused-ring (bicyclic) bond motifs is 1. The van der Waals surface area contributed by atoms with Gasteiger partial charge in [0.1, 0.15) is 5.52 Å². The predicted molar refractivity (Wildman–Crippen MR) is 94.6 cm³/mol. The Balaban J connectivity index is 1.92. The van der Waals surface area contributed by atoms with Gasteiger partial charge in [0, 0.05) is 17.8 Å². The quantitative estimate of drug-likeness (QED) is 0.722. The first-order valence-electron chi connectivity index (χ1n) is 8.69. The lowest BCUT2D eigenvalue weighted by atomic mass is 10.1. The molecule has 24 heavy (non-hydrogen) atoms. The van der Waals surface area contributed by atoms with Crippen molar-refractivity contribution in [2.75, 3.05) is 0 Å². The van der Waals surface area contributed by atoms with E-state index in [1.165, 1.54) is 0 Å². The van der Waals surface area contributed by atoms with Crippen molar-refractivity contribution in [3.8, 4) is 5.69 Å². The lowest BCUT2D eigenvalue weighted by Gasteiger charge is -2.11. The minimum Gasteiger partial charge on any atom is -0.265 e. The van der Waals surface area contributed by atoms with Crippen molar-refractivity contribution in [3.05, 3.63) is 52.6 Å². The molecule has 1 aliphatic carbocycles. The zero-order valence-corrected chi connectivity index (χ0v) is 14.1. The molecule has 5 nitrogen and oxygen atoms in total. The Kier molecular flexibility index (Phi) is 3.71. The van der Waals surface area contributed by atoms with Crippen LogP contribution < -0.4 is 5.56 Å². The van der Waals surface area contributed by atoms with E-state index < -0.39 is 0 Å². The van der Waals surface area contributed by atoms with Gasteiger partial charge in [0.05, 0.1) is 17.6 Å². The van der Waals surface area contributed by atoms with E-state index in [-0.39, 0.29) is 5.56 Å². The number of para-hydroxylation sites is 1. The molecule has 4 rings (SSSR count). The number of nitrogens with zero attached hydrogens (tertiary/aromatic N) is 4. The molecule has 0 spiro atoms. The summed E-state index contributed by atoms with van der Waals surface area (Å²) in [5.41, 5.74) is 2.56. The van der Waals surface area contributed by atoms with Crippen LogP contribution in [0.5, 0.6) is 0 Å². The summed E-state index contributed by atoms with van der Waals surface area (Å²) in [5, 5.41) is 10.1. The first kappa shape index (κ1) is 15.1. The first-order chi connectivity index (χ1) is 11.6. The van der Waals surface area contributed by atoms with Crippen molar-refractivity contribution in [3.63, 3.8) is 0 Å². The van der Waals surface area contributed by atoms with Gasteiger partial charge in [-0.05, 0) is 37.3 Å². The maximum atomic E-state index is 13.0. The van der Waals surface area contributed by atoms with Gasteiger partial charge in [0.2, 0.25) is 0 Å². The summed E-state index contributed by atoms with van der Waals surface area (Å²) in [6.45, 7) is 4.99. The van der Waals surface area contributed by atoms with Gasteiger partial charge >= 0.3 is 0 Å².